The van der Waals surface area contributed by atoms with E-state index in [1.54, 1.807) is 24.4 Å². The van der Waals surface area contributed by atoms with Crippen LogP contribution in [0.3, 0.4) is 0 Å². The lowest BCUT2D eigenvalue weighted by Crippen LogP contribution is -2.26. The van der Waals surface area contributed by atoms with E-state index in [1.165, 1.54) is 12.3 Å². The molecule has 1 unspecified atom stereocenters. The number of sulfone groups is 1. The van der Waals surface area contributed by atoms with Crippen LogP contribution in [0.5, 0.6) is 0 Å². The number of halogens is 3. The largest absolute Gasteiger partial charge is 0.455 e. The molecule has 1 atom stereocenters. The van der Waals surface area contributed by atoms with Crippen molar-refractivity contribution >= 4 is 20.7 Å². The summed E-state index contributed by atoms with van der Waals surface area (Å²) in [5, 5.41) is 0.971. The standard InChI is InChI=1S/C31H27F3N2O3S/c1-21(27-8-4-10-29-28(27)9-5-17-35-29)36(20-25-15-16-30(39-25)31(32,33)34)19-22-11-13-23(14-12-22)24-6-3-7-26(18-24)40(2,37)38/h3-18,21H,19-20H2,1-2H3. The molecule has 0 aliphatic rings. The molecule has 0 saturated carbocycles. The van der Waals surface area contributed by atoms with Gasteiger partial charge in [0.15, 0.2) is 9.84 Å². The van der Waals surface area contributed by atoms with Crippen LogP contribution in [0.25, 0.3) is 22.0 Å². The van der Waals surface area contributed by atoms with Gasteiger partial charge in [-0.15, -0.1) is 0 Å². The highest BCUT2D eigenvalue weighted by molar-refractivity contribution is 7.90. The Bertz CT molecular complexity index is 1740. The van der Waals surface area contributed by atoms with E-state index in [9.17, 15) is 21.6 Å². The molecular weight excluding hydrogens is 537 g/mol. The van der Waals surface area contributed by atoms with Gasteiger partial charge in [-0.05, 0) is 65.6 Å². The molecule has 40 heavy (non-hydrogen) atoms. The molecule has 0 aliphatic heterocycles. The Balaban J connectivity index is 1.46. The summed E-state index contributed by atoms with van der Waals surface area (Å²) < 4.78 is 68.8. The van der Waals surface area contributed by atoms with Gasteiger partial charge in [-0.25, -0.2) is 8.42 Å². The minimum absolute atomic E-state index is 0.159. The van der Waals surface area contributed by atoms with Crippen molar-refractivity contribution in [1.29, 1.82) is 0 Å². The van der Waals surface area contributed by atoms with Crippen LogP contribution < -0.4 is 0 Å². The van der Waals surface area contributed by atoms with Crippen molar-refractivity contribution in [3.8, 4) is 11.1 Å². The summed E-state index contributed by atoms with van der Waals surface area (Å²) in [7, 11) is -3.34. The fraction of sp³-hybridized carbons (Fsp3) is 0.194. The highest BCUT2D eigenvalue weighted by atomic mass is 32.2. The molecule has 2 aromatic heterocycles. The Morgan fingerprint density at radius 1 is 0.875 bits per heavy atom. The lowest BCUT2D eigenvalue weighted by Gasteiger charge is -2.29. The van der Waals surface area contributed by atoms with Crippen molar-refractivity contribution in [3.63, 3.8) is 0 Å². The van der Waals surface area contributed by atoms with Crippen LogP contribution >= 0.6 is 0 Å². The van der Waals surface area contributed by atoms with Gasteiger partial charge in [0.2, 0.25) is 5.76 Å². The van der Waals surface area contributed by atoms with E-state index in [0.717, 1.165) is 39.2 Å². The quantitative estimate of drug-likeness (QED) is 0.193. The number of furan rings is 1. The predicted octanol–water partition coefficient (Wildman–Crippen LogP) is 7.68. The average molecular weight is 565 g/mol. The van der Waals surface area contributed by atoms with Crippen LogP contribution in [0.1, 0.15) is 35.6 Å². The van der Waals surface area contributed by atoms with E-state index >= 15 is 0 Å². The number of nitrogens with zero attached hydrogens (tertiary/aromatic N) is 2. The minimum atomic E-state index is -4.56. The van der Waals surface area contributed by atoms with E-state index in [1.807, 2.05) is 67.6 Å². The topological polar surface area (TPSA) is 63.4 Å². The SMILES string of the molecule is CC(c1cccc2ncccc12)N(Cc1ccc(-c2cccc(S(C)(=O)=O)c2)cc1)Cc1ccc(C(F)(F)F)o1. The van der Waals surface area contributed by atoms with Gasteiger partial charge in [0.25, 0.3) is 0 Å². The summed E-state index contributed by atoms with van der Waals surface area (Å²) in [5.74, 6) is -0.808. The average Bonchev–Trinajstić information content (AvgIpc) is 3.41. The van der Waals surface area contributed by atoms with Crippen molar-refractivity contribution < 1.29 is 26.0 Å². The number of hydrogen-bond donors (Lipinski definition) is 0. The maximum atomic E-state index is 13.2. The van der Waals surface area contributed by atoms with Crippen LogP contribution in [0.2, 0.25) is 0 Å². The van der Waals surface area contributed by atoms with Crippen LogP contribution in [-0.4, -0.2) is 24.6 Å². The number of pyridine rings is 1. The van der Waals surface area contributed by atoms with Crippen molar-refractivity contribution in [2.45, 2.75) is 37.1 Å². The van der Waals surface area contributed by atoms with Crippen molar-refractivity contribution in [3.05, 3.63) is 120 Å². The van der Waals surface area contributed by atoms with E-state index in [0.29, 0.717) is 6.54 Å². The zero-order valence-electron chi connectivity index (χ0n) is 21.9. The number of aromatic nitrogens is 1. The highest BCUT2D eigenvalue weighted by Crippen LogP contribution is 2.34. The third-order valence-corrected chi connectivity index (χ3v) is 8.02. The number of fused-ring (bicyclic) bond motifs is 1. The Labute approximate surface area is 230 Å². The fourth-order valence-corrected chi connectivity index (χ4v) is 5.44. The molecule has 0 amide bonds. The first kappa shape index (κ1) is 27.6. The van der Waals surface area contributed by atoms with Gasteiger partial charge in [-0.2, -0.15) is 13.2 Å². The Kier molecular flexibility index (Phi) is 7.53. The van der Waals surface area contributed by atoms with E-state index < -0.39 is 21.8 Å². The molecule has 0 bridgehead atoms. The number of benzene rings is 3. The second kappa shape index (κ2) is 10.9. The maximum Gasteiger partial charge on any atom is 0.449 e. The zero-order chi connectivity index (χ0) is 28.5. The second-order valence-corrected chi connectivity index (χ2v) is 11.8. The van der Waals surface area contributed by atoms with Crippen molar-refractivity contribution in [1.82, 2.24) is 9.88 Å². The Morgan fingerprint density at radius 3 is 2.33 bits per heavy atom. The first-order valence-electron chi connectivity index (χ1n) is 12.6. The predicted molar refractivity (Wildman–Crippen MR) is 148 cm³/mol. The molecule has 5 aromatic rings. The second-order valence-electron chi connectivity index (χ2n) is 9.76. The maximum absolute atomic E-state index is 13.2. The molecule has 0 aliphatic carbocycles. The summed E-state index contributed by atoms with van der Waals surface area (Å²) in [4.78, 5) is 6.74. The summed E-state index contributed by atoms with van der Waals surface area (Å²) >= 11 is 0. The minimum Gasteiger partial charge on any atom is -0.455 e. The molecule has 5 nitrogen and oxygen atoms in total. The molecule has 2 heterocycles. The fourth-order valence-electron chi connectivity index (χ4n) is 4.78. The number of hydrogen-bond acceptors (Lipinski definition) is 5. The summed E-state index contributed by atoms with van der Waals surface area (Å²) in [5.41, 5.74) is 4.41. The number of alkyl halides is 3. The molecule has 0 fully saturated rings. The third-order valence-electron chi connectivity index (χ3n) is 6.91. The molecular formula is C31H27F3N2O3S. The lowest BCUT2D eigenvalue weighted by atomic mass is 9.99. The summed E-state index contributed by atoms with van der Waals surface area (Å²) in [6.07, 6.45) is -1.66. The molecule has 0 saturated heterocycles. The Morgan fingerprint density at radius 2 is 1.62 bits per heavy atom. The van der Waals surface area contributed by atoms with Gasteiger partial charge in [-0.3, -0.25) is 9.88 Å². The van der Waals surface area contributed by atoms with E-state index in [-0.39, 0.29) is 23.2 Å². The molecule has 0 radical (unpaired) electrons. The summed E-state index contributed by atoms with van der Waals surface area (Å²) in [6, 6.07) is 26.3. The first-order chi connectivity index (χ1) is 19.0. The lowest BCUT2D eigenvalue weighted by molar-refractivity contribution is -0.153. The molecule has 9 heteroatoms. The van der Waals surface area contributed by atoms with Crippen LogP contribution in [0.15, 0.2) is 107 Å². The molecule has 206 valence electrons. The highest BCUT2D eigenvalue weighted by Gasteiger charge is 2.35. The normalized spacial score (nSPS) is 13.2. The molecule has 0 spiro atoms. The van der Waals surface area contributed by atoms with Gasteiger partial charge in [-0.1, -0.05) is 54.6 Å². The Hall–Kier alpha value is -3.95. The van der Waals surface area contributed by atoms with Gasteiger partial charge >= 0.3 is 6.18 Å². The smallest absolute Gasteiger partial charge is 0.449 e. The van der Waals surface area contributed by atoms with Crippen LogP contribution in [0, 0.1) is 0 Å². The molecule has 5 rings (SSSR count). The van der Waals surface area contributed by atoms with Gasteiger partial charge in [0.05, 0.1) is 17.0 Å². The number of rotatable bonds is 8. The first-order valence-corrected chi connectivity index (χ1v) is 14.5. The van der Waals surface area contributed by atoms with Crippen molar-refractivity contribution in [2.24, 2.45) is 0 Å². The summed E-state index contributed by atoms with van der Waals surface area (Å²) in [6.45, 7) is 2.61. The zero-order valence-corrected chi connectivity index (χ0v) is 22.7. The van der Waals surface area contributed by atoms with Crippen LogP contribution in [0.4, 0.5) is 13.2 Å². The van der Waals surface area contributed by atoms with Gasteiger partial charge in [0, 0.05) is 30.4 Å². The van der Waals surface area contributed by atoms with Gasteiger partial charge in [0.1, 0.15) is 5.76 Å². The van der Waals surface area contributed by atoms with Crippen LogP contribution in [-0.2, 0) is 29.1 Å². The van der Waals surface area contributed by atoms with Gasteiger partial charge < -0.3 is 4.42 Å². The molecule has 0 N–H and O–H groups in total. The molecule has 3 aromatic carbocycles. The third kappa shape index (κ3) is 6.11. The van der Waals surface area contributed by atoms with Crippen molar-refractivity contribution in [2.75, 3.05) is 6.26 Å². The van der Waals surface area contributed by atoms with E-state index in [4.69, 9.17) is 4.42 Å². The van der Waals surface area contributed by atoms with E-state index in [2.05, 4.69) is 9.88 Å². The monoisotopic (exact) mass is 564 g/mol.